The number of H-pyrrole nitrogens is 1. The molecule has 9 heteroatoms. The van der Waals surface area contributed by atoms with E-state index in [4.69, 9.17) is 9.15 Å². The highest BCUT2D eigenvalue weighted by atomic mass is 16.5. The summed E-state index contributed by atoms with van der Waals surface area (Å²) in [6.45, 7) is 0. The number of methoxy groups -OCH3 is 1. The molecule has 2 heterocycles. The highest BCUT2D eigenvalue weighted by Gasteiger charge is 2.27. The zero-order chi connectivity index (χ0) is 24.9. The number of para-hydroxylation sites is 1. The van der Waals surface area contributed by atoms with E-state index in [0.29, 0.717) is 47.8 Å². The number of nitrogens with zero attached hydrogens (tertiary/aromatic N) is 3. The number of aromatic nitrogens is 4. The van der Waals surface area contributed by atoms with Crippen molar-refractivity contribution in [1.82, 2.24) is 25.5 Å². The van der Waals surface area contributed by atoms with Crippen LogP contribution in [0, 0.1) is 0 Å². The third-order valence-electron chi connectivity index (χ3n) is 6.70. The number of carbonyl (C=O) groups excluding carboxylic acids is 1. The molecule has 4 aromatic rings. The van der Waals surface area contributed by atoms with E-state index in [1.807, 2.05) is 42.5 Å². The number of benzene rings is 2. The highest BCUT2D eigenvalue weighted by Crippen LogP contribution is 2.33. The van der Waals surface area contributed by atoms with Crippen LogP contribution in [-0.2, 0) is 11.2 Å². The summed E-state index contributed by atoms with van der Waals surface area (Å²) in [6.07, 6.45) is 5.08. The normalized spacial score (nSPS) is 17.7. The second-order valence-corrected chi connectivity index (χ2v) is 9.17. The van der Waals surface area contributed by atoms with Gasteiger partial charge in [0.15, 0.2) is 0 Å². The van der Waals surface area contributed by atoms with Gasteiger partial charge in [0.05, 0.1) is 18.0 Å². The molecule has 1 aliphatic rings. The number of rotatable bonds is 8. The second kappa shape index (κ2) is 10.7. The number of aromatic amines is 1. The van der Waals surface area contributed by atoms with Crippen molar-refractivity contribution in [1.29, 1.82) is 0 Å². The minimum absolute atomic E-state index is 0.0289. The summed E-state index contributed by atoms with van der Waals surface area (Å²) >= 11 is 0. The van der Waals surface area contributed by atoms with Crippen molar-refractivity contribution in [2.75, 3.05) is 7.11 Å². The van der Waals surface area contributed by atoms with Gasteiger partial charge in [-0.1, -0.05) is 12.1 Å². The molecule has 0 atom stereocenters. The minimum Gasteiger partial charge on any atom is -0.497 e. The van der Waals surface area contributed by atoms with E-state index < -0.39 is 0 Å². The molecule has 1 amide bonds. The monoisotopic (exact) mass is 487 g/mol. The number of ether oxygens (including phenoxy) is 1. The van der Waals surface area contributed by atoms with Crippen LogP contribution in [0.1, 0.15) is 56.2 Å². The number of aryl methyl sites for hydroxylation is 1. The lowest BCUT2D eigenvalue weighted by Crippen LogP contribution is -2.37. The van der Waals surface area contributed by atoms with Crippen molar-refractivity contribution in [3.63, 3.8) is 0 Å². The summed E-state index contributed by atoms with van der Waals surface area (Å²) in [4.78, 5) is 32.0. The van der Waals surface area contributed by atoms with Gasteiger partial charge in [-0.25, -0.2) is 4.98 Å². The maximum absolute atomic E-state index is 12.5. The fraction of sp³-hybridized carbons (Fsp3) is 0.370. The smallest absolute Gasteiger partial charge is 0.258 e. The average molecular weight is 488 g/mol. The van der Waals surface area contributed by atoms with Crippen molar-refractivity contribution in [3.05, 3.63) is 70.6 Å². The van der Waals surface area contributed by atoms with Gasteiger partial charge in [-0.2, -0.15) is 0 Å². The van der Waals surface area contributed by atoms with Gasteiger partial charge >= 0.3 is 0 Å². The standard InChI is InChI=1S/C27H29N5O4/c1-35-20-15-11-18(12-16-20)27-32-31-26(36-27)17-9-13-19(14-10-17)28-24(33)8-4-7-23-29-22-6-3-2-5-21(22)25(34)30-23/h2-3,5-6,11-12,15-17,19H,4,7-10,13-14H2,1H3,(H,28,33)(H,29,30,34)/t17-,19-. The Balaban J connectivity index is 1.07. The quantitative estimate of drug-likeness (QED) is 0.383. The summed E-state index contributed by atoms with van der Waals surface area (Å²) < 4.78 is 11.1. The van der Waals surface area contributed by atoms with Crippen LogP contribution in [-0.4, -0.2) is 39.2 Å². The number of hydrogen-bond donors (Lipinski definition) is 2. The van der Waals surface area contributed by atoms with Gasteiger partial charge in [0.2, 0.25) is 17.7 Å². The number of amides is 1. The van der Waals surface area contributed by atoms with Gasteiger partial charge in [-0.05, 0) is 68.5 Å². The van der Waals surface area contributed by atoms with E-state index in [1.165, 1.54) is 0 Å². The number of hydrogen-bond acceptors (Lipinski definition) is 7. The maximum atomic E-state index is 12.5. The van der Waals surface area contributed by atoms with Crippen LogP contribution in [0.3, 0.4) is 0 Å². The molecule has 186 valence electrons. The fourth-order valence-corrected chi connectivity index (χ4v) is 4.70. The Morgan fingerprint density at radius 3 is 2.64 bits per heavy atom. The first kappa shape index (κ1) is 23.7. The molecule has 0 aliphatic heterocycles. The van der Waals surface area contributed by atoms with Gasteiger partial charge in [-0.15, -0.1) is 10.2 Å². The lowest BCUT2D eigenvalue weighted by Gasteiger charge is -2.27. The molecule has 1 fully saturated rings. The van der Waals surface area contributed by atoms with Crippen LogP contribution in [0.4, 0.5) is 0 Å². The molecular formula is C27H29N5O4. The molecule has 0 bridgehead atoms. The van der Waals surface area contributed by atoms with Crippen LogP contribution < -0.4 is 15.6 Å². The van der Waals surface area contributed by atoms with Gasteiger partial charge in [0.25, 0.3) is 5.56 Å². The Hall–Kier alpha value is -4.01. The Kier molecular flexibility index (Phi) is 7.06. The molecule has 5 rings (SSSR count). The van der Waals surface area contributed by atoms with E-state index in [1.54, 1.807) is 13.2 Å². The first-order valence-electron chi connectivity index (χ1n) is 12.3. The SMILES string of the molecule is COc1ccc(-c2nnc([C@H]3CC[C@H](NC(=O)CCCc4nc5ccccc5c(=O)[nH]4)CC3)o2)cc1. The molecule has 0 radical (unpaired) electrons. The molecular weight excluding hydrogens is 458 g/mol. The van der Waals surface area contributed by atoms with Crippen molar-refractivity contribution < 1.29 is 13.9 Å². The molecule has 2 N–H and O–H groups in total. The molecule has 0 spiro atoms. The molecule has 2 aromatic carbocycles. The Bertz CT molecular complexity index is 1390. The predicted molar refractivity (Wildman–Crippen MR) is 135 cm³/mol. The zero-order valence-electron chi connectivity index (χ0n) is 20.2. The van der Waals surface area contributed by atoms with Gasteiger partial charge in [0.1, 0.15) is 11.6 Å². The maximum Gasteiger partial charge on any atom is 0.258 e. The first-order chi connectivity index (χ1) is 17.6. The third kappa shape index (κ3) is 5.45. The molecule has 9 nitrogen and oxygen atoms in total. The van der Waals surface area contributed by atoms with Crippen LogP contribution >= 0.6 is 0 Å². The number of fused-ring (bicyclic) bond motifs is 1. The lowest BCUT2D eigenvalue weighted by atomic mass is 9.86. The van der Waals surface area contributed by atoms with Crippen LogP contribution in [0.5, 0.6) is 5.75 Å². The lowest BCUT2D eigenvalue weighted by molar-refractivity contribution is -0.122. The van der Waals surface area contributed by atoms with E-state index >= 15 is 0 Å². The Morgan fingerprint density at radius 2 is 1.86 bits per heavy atom. The number of carbonyl (C=O) groups is 1. The Morgan fingerprint density at radius 1 is 1.08 bits per heavy atom. The summed E-state index contributed by atoms with van der Waals surface area (Å²) in [6, 6.07) is 14.9. The zero-order valence-corrected chi connectivity index (χ0v) is 20.2. The van der Waals surface area contributed by atoms with E-state index in [-0.39, 0.29) is 23.4 Å². The molecule has 36 heavy (non-hydrogen) atoms. The summed E-state index contributed by atoms with van der Waals surface area (Å²) in [5.74, 6) is 2.78. The van der Waals surface area contributed by atoms with Gasteiger partial charge in [0, 0.05) is 30.4 Å². The molecule has 1 saturated carbocycles. The first-order valence-corrected chi connectivity index (χ1v) is 12.3. The van der Waals surface area contributed by atoms with Crippen molar-refractivity contribution in [3.8, 4) is 17.2 Å². The van der Waals surface area contributed by atoms with Crippen LogP contribution in [0.15, 0.2) is 57.7 Å². The van der Waals surface area contributed by atoms with E-state index in [9.17, 15) is 9.59 Å². The number of nitrogens with one attached hydrogen (secondary N) is 2. The van der Waals surface area contributed by atoms with Crippen LogP contribution in [0.25, 0.3) is 22.4 Å². The highest BCUT2D eigenvalue weighted by molar-refractivity contribution is 5.77. The van der Waals surface area contributed by atoms with Gasteiger partial charge < -0.3 is 19.5 Å². The largest absolute Gasteiger partial charge is 0.497 e. The third-order valence-corrected chi connectivity index (χ3v) is 6.70. The van der Waals surface area contributed by atoms with Crippen molar-refractivity contribution in [2.24, 2.45) is 0 Å². The molecule has 1 aliphatic carbocycles. The molecule has 0 unspecified atom stereocenters. The van der Waals surface area contributed by atoms with Crippen molar-refractivity contribution in [2.45, 2.75) is 56.9 Å². The Labute approximate surface area is 208 Å². The second-order valence-electron chi connectivity index (χ2n) is 9.17. The van der Waals surface area contributed by atoms with Crippen LogP contribution in [0.2, 0.25) is 0 Å². The van der Waals surface area contributed by atoms with Crippen molar-refractivity contribution >= 4 is 16.8 Å². The summed E-state index contributed by atoms with van der Waals surface area (Å²) in [7, 11) is 1.63. The fourth-order valence-electron chi connectivity index (χ4n) is 4.70. The minimum atomic E-state index is -0.144. The van der Waals surface area contributed by atoms with E-state index in [2.05, 4.69) is 25.5 Å². The predicted octanol–water partition coefficient (Wildman–Crippen LogP) is 4.15. The molecule has 0 saturated heterocycles. The topological polar surface area (TPSA) is 123 Å². The summed E-state index contributed by atoms with van der Waals surface area (Å²) in [5.41, 5.74) is 1.39. The van der Waals surface area contributed by atoms with E-state index in [0.717, 1.165) is 37.0 Å². The summed E-state index contributed by atoms with van der Waals surface area (Å²) in [5, 5.41) is 12.2. The average Bonchev–Trinajstić information content (AvgIpc) is 3.40. The van der Waals surface area contributed by atoms with Gasteiger partial charge in [-0.3, -0.25) is 9.59 Å². The molecule has 2 aromatic heterocycles.